The highest BCUT2D eigenvalue weighted by Gasteiger charge is 2.26. The minimum absolute atomic E-state index is 0.0353. The van der Waals surface area contributed by atoms with Crippen LogP contribution in [-0.2, 0) is 17.8 Å². The Kier molecular flexibility index (Phi) is 6.11. The van der Waals surface area contributed by atoms with Crippen LogP contribution in [0.1, 0.15) is 34.3 Å². The van der Waals surface area contributed by atoms with Gasteiger partial charge in [0, 0.05) is 18.7 Å². The van der Waals surface area contributed by atoms with Gasteiger partial charge >= 0.3 is 0 Å². The number of para-hydroxylation sites is 2. The zero-order valence-corrected chi connectivity index (χ0v) is 18.7. The third-order valence-corrected chi connectivity index (χ3v) is 6.59. The van der Waals surface area contributed by atoms with Crippen molar-refractivity contribution in [2.75, 3.05) is 24.6 Å². The lowest BCUT2D eigenvalue weighted by Crippen LogP contribution is -2.39. The van der Waals surface area contributed by atoms with Crippen LogP contribution in [0, 0.1) is 5.92 Å². The lowest BCUT2D eigenvalue weighted by atomic mass is 9.90. The number of rotatable bonds is 5. The highest BCUT2D eigenvalue weighted by molar-refractivity contribution is 5.98. The SMILES string of the molecule is O=C(c1cccc(CN2C(=O)COc3ccccc32)c1)N1CCC(Cc2ccccc2)CC1. The standard InChI is InChI=1S/C28H28N2O3/c31-27-20-33-26-12-5-4-11-25(26)30(27)19-23-9-6-10-24(18-23)28(32)29-15-13-22(14-16-29)17-21-7-2-1-3-8-21/h1-12,18,22H,13-17,19-20H2. The molecule has 1 saturated heterocycles. The van der Waals surface area contributed by atoms with Gasteiger partial charge in [-0.1, -0.05) is 54.6 Å². The van der Waals surface area contributed by atoms with Crippen LogP contribution in [0.3, 0.4) is 0 Å². The molecule has 0 radical (unpaired) electrons. The molecule has 3 aromatic rings. The largest absolute Gasteiger partial charge is 0.482 e. The highest BCUT2D eigenvalue weighted by Crippen LogP contribution is 2.32. The number of nitrogens with zero attached hydrogens (tertiary/aromatic N) is 2. The molecule has 0 aromatic heterocycles. The van der Waals surface area contributed by atoms with E-state index in [1.807, 2.05) is 59.5 Å². The molecule has 5 nitrogen and oxygen atoms in total. The summed E-state index contributed by atoms with van der Waals surface area (Å²) in [5.74, 6) is 1.33. The molecule has 0 spiro atoms. The molecule has 0 bridgehead atoms. The third kappa shape index (κ3) is 4.77. The molecule has 0 saturated carbocycles. The molecule has 33 heavy (non-hydrogen) atoms. The molecule has 0 N–H and O–H groups in total. The maximum atomic E-state index is 13.2. The first kappa shape index (κ1) is 21.3. The van der Waals surface area contributed by atoms with Crippen LogP contribution in [0.25, 0.3) is 0 Å². The molecule has 1 fully saturated rings. The number of piperidine rings is 1. The molecule has 2 aliphatic heterocycles. The van der Waals surface area contributed by atoms with Gasteiger partial charge in [-0.3, -0.25) is 9.59 Å². The van der Waals surface area contributed by atoms with Crippen LogP contribution < -0.4 is 9.64 Å². The van der Waals surface area contributed by atoms with Crippen molar-refractivity contribution in [2.24, 2.45) is 5.92 Å². The predicted molar refractivity (Wildman–Crippen MR) is 128 cm³/mol. The second-order valence-corrected chi connectivity index (χ2v) is 8.86. The summed E-state index contributed by atoms with van der Waals surface area (Å²) in [6.45, 7) is 2.03. The molecule has 2 aliphatic rings. The normalized spacial score (nSPS) is 16.3. The maximum Gasteiger partial charge on any atom is 0.265 e. The zero-order valence-electron chi connectivity index (χ0n) is 18.7. The van der Waals surface area contributed by atoms with Gasteiger partial charge in [0.15, 0.2) is 6.61 Å². The Morgan fingerprint density at radius 2 is 1.61 bits per heavy atom. The van der Waals surface area contributed by atoms with Crippen LogP contribution in [0.15, 0.2) is 78.9 Å². The van der Waals surface area contributed by atoms with E-state index in [-0.39, 0.29) is 18.4 Å². The second-order valence-electron chi connectivity index (χ2n) is 8.86. The molecule has 5 rings (SSSR count). The van der Waals surface area contributed by atoms with Crippen molar-refractivity contribution in [3.8, 4) is 5.75 Å². The van der Waals surface area contributed by atoms with Crippen molar-refractivity contribution >= 4 is 17.5 Å². The van der Waals surface area contributed by atoms with Crippen molar-refractivity contribution in [3.05, 3.63) is 95.6 Å². The molecule has 168 valence electrons. The Morgan fingerprint density at radius 3 is 2.42 bits per heavy atom. The Balaban J connectivity index is 1.23. The van der Waals surface area contributed by atoms with Crippen LogP contribution in [0.2, 0.25) is 0 Å². The minimum atomic E-state index is -0.0779. The van der Waals surface area contributed by atoms with Crippen LogP contribution in [0.5, 0.6) is 5.75 Å². The van der Waals surface area contributed by atoms with Crippen molar-refractivity contribution in [3.63, 3.8) is 0 Å². The Morgan fingerprint density at radius 1 is 0.879 bits per heavy atom. The van der Waals surface area contributed by atoms with Crippen molar-refractivity contribution < 1.29 is 14.3 Å². The Bertz CT molecular complexity index is 1140. The van der Waals surface area contributed by atoms with E-state index in [0.29, 0.717) is 23.8 Å². The molecule has 2 heterocycles. The van der Waals surface area contributed by atoms with Gasteiger partial charge in [0.1, 0.15) is 5.75 Å². The molecule has 3 aromatic carbocycles. The van der Waals surface area contributed by atoms with E-state index in [9.17, 15) is 9.59 Å². The van der Waals surface area contributed by atoms with E-state index in [0.717, 1.165) is 43.6 Å². The van der Waals surface area contributed by atoms with E-state index in [2.05, 4.69) is 24.3 Å². The number of benzene rings is 3. The van der Waals surface area contributed by atoms with Gasteiger partial charge in [-0.2, -0.15) is 0 Å². The van der Waals surface area contributed by atoms with Gasteiger partial charge in [-0.05, 0) is 60.6 Å². The topological polar surface area (TPSA) is 49.9 Å². The maximum absolute atomic E-state index is 13.2. The average molecular weight is 441 g/mol. The van der Waals surface area contributed by atoms with Gasteiger partial charge in [0.25, 0.3) is 11.8 Å². The fourth-order valence-corrected chi connectivity index (χ4v) is 4.78. The lowest BCUT2D eigenvalue weighted by Gasteiger charge is -2.32. The smallest absolute Gasteiger partial charge is 0.265 e. The Labute approximate surface area is 194 Å². The van der Waals surface area contributed by atoms with Gasteiger partial charge < -0.3 is 14.5 Å². The highest BCUT2D eigenvalue weighted by atomic mass is 16.5. The summed E-state index contributed by atoms with van der Waals surface area (Å²) in [4.78, 5) is 29.4. The third-order valence-electron chi connectivity index (χ3n) is 6.59. The number of hydrogen-bond donors (Lipinski definition) is 0. The predicted octanol–water partition coefficient (Wildman–Crippen LogP) is 4.71. The first-order valence-electron chi connectivity index (χ1n) is 11.6. The average Bonchev–Trinajstić information content (AvgIpc) is 2.87. The second kappa shape index (κ2) is 9.49. The molecule has 5 heteroatoms. The minimum Gasteiger partial charge on any atom is -0.482 e. The number of carbonyl (C=O) groups is 2. The number of fused-ring (bicyclic) bond motifs is 1. The molecule has 0 aliphatic carbocycles. The van der Waals surface area contributed by atoms with E-state index >= 15 is 0 Å². The summed E-state index contributed by atoms with van der Waals surface area (Å²) in [6, 6.07) is 25.8. The molecular formula is C28H28N2O3. The summed E-state index contributed by atoms with van der Waals surface area (Å²) < 4.78 is 5.54. The van der Waals surface area contributed by atoms with E-state index < -0.39 is 0 Å². The first-order chi connectivity index (χ1) is 16.2. The zero-order chi connectivity index (χ0) is 22.6. The molecule has 2 amide bonds. The van der Waals surface area contributed by atoms with Gasteiger partial charge in [0.2, 0.25) is 0 Å². The quantitative estimate of drug-likeness (QED) is 0.578. The van der Waals surface area contributed by atoms with E-state index in [1.54, 1.807) is 4.90 Å². The van der Waals surface area contributed by atoms with E-state index in [4.69, 9.17) is 4.74 Å². The summed E-state index contributed by atoms with van der Waals surface area (Å²) in [5.41, 5.74) is 3.76. The number of anilines is 1. The number of likely N-dealkylation sites (tertiary alicyclic amines) is 1. The summed E-state index contributed by atoms with van der Waals surface area (Å²) in [5, 5.41) is 0. The molecule has 0 atom stereocenters. The molecular weight excluding hydrogens is 412 g/mol. The van der Waals surface area contributed by atoms with Crippen LogP contribution in [0.4, 0.5) is 5.69 Å². The number of ether oxygens (including phenoxy) is 1. The number of hydrogen-bond acceptors (Lipinski definition) is 3. The van der Waals surface area contributed by atoms with Gasteiger partial charge in [0.05, 0.1) is 12.2 Å². The van der Waals surface area contributed by atoms with Crippen LogP contribution >= 0.6 is 0 Å². The van der Waals surface area contributed by atoms with Gasteiger partial charge in [-0.15, -0.1) is 0 Å². The monoisotopic (exact) mass is 440 g/mol. The Hall–Kier alpha value is -3.60. The fourth-order valence-electron chi connectivity index (χ4n) is 4.78. The number of carbonyl (C=O) groups excluding carboxylic acids is 2. The van der Waals surface area contributed by atoms with Gasteiger partial charge in [-0.25, -0.2) is 0 Å². The van der Waals surface area contributed by atoms with Crippen molar-refractivity contribution in [1.82, 2.24) is 4.90 Å². The first-order valence-corrected chi connectivity index (χ1v) is 11.6. The molecule has 0 unspecified atom stereocenters. The fraction of sp³-hybridized carbons (Fsp3) is 0.286. The van der Waals surface area contributed by atoms with Crippen LogP contribution in [-0.4, -0.2) is 36.4 Å². The van der Waals surface area contributed by atoms with Crippen molar-refractivity contribution in [2.45, 2.75) is 25.8 Å². The summed E-state index contributed by atoms with van der Waals surface area (Å²) in [6.07, 6.45) is 3.13. The summed E-state index contributed by atoms with van der Waals surface area (Å²) in [7, 11) is 0. The lowest BCUT2D eigenvalue weighted by molar-refractivity contribution is -0.121. The summed E-state index contributed by atoms with van der Waals surface area (Å²) >= 11 is 0. The number of amides is 2. The van der Waals surface area contributed by atoms with E-state index in [1.165, 1.54) is 5.56 Å². The van der Waals surface area contributed by atoms with Crippen molar-refractivity contribution in [1.29, 1.82) is 0 Å².